The van der Waals surface area contributed by atoms with Crippen LogP contribution in [0, 0.1) is 0 Å². The quantitative estimate of drug-likeness (QED) is 0.507. The highest BCUT2D eigenvalue weighted by atomic mass is 32.2. The molecule has 0 saturated heterocycles. The zero-order valence-electron chi connectivity index (χ0n) is 11.1. The van der Waals surface area contributed by atoms with Crippen molar-refractivity contribution < 1.29 is 0 Å². The molecule has 0 aliphatic rings. The first kappa shape index (κ1) is 13.6. The van der Waals surface area contributed by atoms with Gasteiger partial charge in [-0.3, -0.25) is 5.43 Å². The fourth-order valence-electron chi connectivity index (χ4n) is 1.51. The minimum Gasteiger partial charge on any atom is -0.261 e. The molecule has 0 spiro atoms. The lowest BCUT2D eigenvalue weighted by Crippen LogP contribution is -1.92. The second-order valence-corrected chi connectivity index (χ2v) is 5.97. The third kappa shape index (κ3) is 4.75. The molecule has 0 atom stereocenters. The van der Waals surface area contributed by atoms with E-state index in [2.05, 4.69) is 53.6 Å². The van der Waals surface area contributed by atoms with Gasteiger partial charge in [-0.25, -0.2) is 4.98 Å². The first-order valence-electron chi connectivity index (χ1n) is 6.21. The molecule has 0 aliphatic carbocycles. The molecule has 1 aromatic carbocycles. The molecule has 2 rings (SSSR count). The Kier molecular flexibility index (Phi) is 4.98. The number of benzene rings is 1. The molecule has 0 saturated carbocycles. The molecule has 0 bridgehead atoms. The minimum absolute atomic E-state index is 0.602. The molecule has 0 aliphatic heterocycles. The number of nitrogens with zero attached hydrogens (tertiary/aromatic N) is 2. The van der Waals surface area contributed by atoms with E-state index in [0.29, 0.717) is 5.25 Å². The van der Waals surface area contributed by atoms with Crippen LogP contribution in [0.2, 0.25) is 0 Å². The molecule has 98 valence electrons. The fraction of sp³-hybridized carbons (Fsp3) is 0.200. The summed E-state index contributed by atoms with van der Waals surface area (Å²) in [6, 6.07) is 14.0. The van der Waals surface area contributed by atoms with Crippen molar-refractivity contribution in [3.8, 4) is 0 Å². The van der Waals surface area contributed by atoms with Gasteiger partial charge in [0, 0.05) is 16.3 Å². The van der Waals surface area contributed by atoms with E-state index in [-0.39, 0.29) is 0 Å². The summed E-state index contributed by atoms with van der Waals surface area (Å²) in [6.07, 6.45) is 3.52. The van der Waals surface area contributed by atoms with Crippen LogP contribution in [0.25, 0.3) is 0 Å². The Hall–Kier alpha value is -1.81. The van der Waals surface area contributed by atoms with Gasteiger partial charge in [-0.05, 0) is 29.8 Å². The third-order valence-corrected chi connectivity index (χ3v) is 3.33. The number of hydrogen-bond donors (Lipinski definition) is 1. The van der Waals surface area contributed by atoms with E-state index < -0.39 is 0 Å². The lowest BCUT2D eigenvalue weighted by atomic mass is 10.2. The molecular weight excluding hydrogens is 254 g/mol. The molecule has 19 heavy (non-hydrogen) atoms. The lowest BCUT2D eigenvalue weighted by molar-refractivity contribution is 1.11. The summed E-state index contributed by atoms with van der Waals surface area (Å²) in [5, 5.41) is 4.76. The van der Waals surface area contributed by atoms with Crippen molar-refractivity contribution in [1.29, 1.82) is 0 Å². The van der Waals surface area contributed by atoms with Crippen molar-refractivity contribution in [1.82, 2.24) is 4.98 Å². The Morgan fingerprint density at radius 1 is 1.16 bits per heavy atom. The van der Waals surface area contributed by atoms with Crippen LogP contribution in [0.3, 0.4) is 0 Å². The Balaban J connectivity index is 1.92. The monoisotopic (exact) mass is 271 g/mol. The van der Waals surface area contributed by atoms with Crippen molar-refractivity contribution in [2.45, 2.75) is 24.0 Å². The van der Waals surface area contributed by atoms with Gasteiger partial charge in [0.05, 0.1) is 6.21 Å². The molecule has 0 amide bonds. The van der Waals surface area contributed by atoms with Crippen molar-refractivity contribution in [2.75, 3.05) is 5.43 Å². The molecule has 1 heterocycles. The highest BCUT2D eigenvalue weighted by Crippen LogP contribution is 2.22. The van der Waals surface area contributed by atoms with Gasteiger partial charge in [0.15, 0.2) is 0 Å². The number of aromatic nitrogens is 1. The van der Waals surface area contributed by atoms with E-state index >= 15 is 0 Å². The molecule has 3 nitrogen and oxygen atoms in total. The van der Waals surface area contributed by atoms with Gasteiger partial charge >= 0.3 is 0 Å². The number of rotatable bonds is 5. The Labute approximate surface area is 118 Å². The number of hydrogen-bond acceptors (Lipinski definition) is 4. The maximum atomic E-state index is 4.16. The highest BCUT2D eigenvalue weighted by Gasteiger charge is 1.97. The summed E-state index contributed by atoms with van der Waals surface area (Å²) in [6.45, 7) is 4.38. The Morgan fingerprint density at radius 3 is 2.58 bits per heavy atom. The molecule has 1 N–H and O–H groups in total. The minimum atomic E-state index is 0.602. The van der Waals surface area contributed by atoms with Crippen molar-refractivity contribution in [3.63, 3.8) is 0 Å². The van der Waals surface area contributed by atoms with Crippen LogP contribution in [-0.2, 0) is 0 Å². The normalized spacial score (nSPS) is 11.1. The SMILES string of the molecule is CC(C)Sc1ccc(C=NNc2ccccn2)cc1. The van der Waals surface area contributed by atoms with Crippen LogP contribution in [-0.4, -0.2) is 16.4 Å². The summed E-state index contributed by atoms with van der Waals surface area (Å²) >= 11 is 1.86. The van der Waals surface area contributed by atoms with Gasteiger partial charge in [-0.2, -0.15) is 5.10 Å². The zero-order chi connectivity index (χ0) is 13.5. The van der Waals surface area contributed by atoms with E-state index in [0.717, 1.165) is 11.4 Å². The van der Waals surface area contributed by atoms with Crippen molar-refractivity contribution in [3.05, 3.63) is 54.2 Å². The Bertz CT molecular complexity index is 521. The standard InChI is InChI=1S/C15H17N3S/c1-12(2)19-14-8-6-13(7-9-14)11-17-18-15-5-3-4-10-16-15/h3-12H,1-2H3,(H,16,18). The molecule has 4 heteroatoms. The molecule has 0 unspecified atom stereocenters. The summed E-state index contributed by atoms with van der Waals surface area (Å²) in [4.78, 5) is 5.41. The maximum Gasteiger partial charge on any atom is 0.146 e. The van der Waals surface area contributed by atoms with Gasteiger partial charge in [0.25, 0.3) is 0 Å². The van der Waals surface area contributed by atoms with E-state index in [1.54, 1.807) is 12.4 Å². The van der Waals surface area contributed by atoms with Crippen molar-refractivity contribution >= 4 is 23.8 Å². The summed E-state index contributed by atoms with van der Waals surface area (Å²) in [5.41, 5.74) is 3.96. The van der Waals surface area contributed by atoms with E-state index in [4.69, 9.17) is 0 Å². The number of thioether (sulfide) groups is 1. The predicted molar refractivity (Wildman–Crippen MR) is 82.9 cm³/mol. The van der Waals surface area contributed by atoms with Crippen LogP contribution >= 0.6 is 11.8 Å². The lowest BCUT2D eigenvalue weighted by Gasteiger charge is -2.04. The maximum absolute atomic E-state index is 4.16. The van der Waals surface area contributed by atoms with Crippen LogP contribution in [0.5, 0.6) is 0 Å². The van der Waals surface area contributed by atoms with Crippen LogP contribution in [0.1, 0.15) is 19.4 Å². The predicted octanol–water partition coefficient (Wildman–Crippen LogP) is 4.03. The van der Waals surface area contributed by atoms with E-state index in [9.17, 15) is 0 Å². The van der Waals surface area contributed by atoms with E-state index in [1.165, 1.54) is 4.90 Å². The van der Waals surface area contributed by atoms with Gasteiger partial charge in [-0.1, -0.05) is 32.0 Å². The summed E-state index contributed by atoms with van der Waals surface area (Å²) < 4.78 is 0. The van der Waals surface area contributed by atoms with Crippen LogP contribution < -0.4 is 5.43 Å². The second-order valence-electron chi connectivity index (χ2n) is 4.32. The van der Waals surface area contributed by atoms with Gasteiger partial charge in [0.1, 0.15) is 5.82 Å². The molecule has 0 radical (unpaired) electrons. The molecule has 0 fully saturated rings. The molecule has 1 aromatic heterocycles. The number of pyridine rings is 1. The number of hydrazone groups is 1. The fourth-order valence-corrected chi connectivity index (χ4v) is 2.34. The average Bonchev–Trinajstić information content (AvgIpc) is 2.41. The summed E-state index contributed by atoms with van der Waals surface area (Å²) in [7, 11) is 0. The average molecular weight is 271 g/mol. The smallest absolute Gasteiger partial charge is 0.146 e. The van der Waals surface area contributed by atoms with Gasteiger partial charge < -0.3 is 0 Å². The van der Waals surface area contributed by atoms with Crippen molar-refractivity contribution in [2.24, 2.45) is 5.10 Å². The third-order valence-electron chi connectivity index (χ3n) is 2.31. The van der Waals surface area contributed by atoms with Crippen LogP contribution in [0.4, 0.5) is 5.82 Å². The highest BCUT2D eigenvalue weighted by molar-refractivity contribution is 7.99. The first-order valence-corrected chi connectivity index (χ1v) is 7.09. The summed E-state index contributed by atoms with van der Waals surface area (Å²) in [5.74, 6) is 0.741. The number of nitrogens with one attached hydrogen (secondary N) is 1. The topological polar surface area (TPSA) is 37.3 Å². The largest absolute Gasteiger partial charge is 0.261 e. The van der Waals surface area contributed by atoms with E-state index in [1.807, 2.05) is 30.0 Å². The molecule has 2 aromatic rings. The van der Waals surface area contributed by atoms with Gasteiger partial charge in [0.2, 0.25) is 0 Å². The Morgan fingerprint density at radius 2 is 1.95 bits per heavy atom. The van der Waals surface area contributed by atoms with Gasteiger partial charge in [-0.15, -0.1) is 11.8 Å². The first-order chi connectivity index (χ1) is 9.24. The number of anilines is 1. The zero-order valence-corrected chi connectivity index (χ0v) is 11.9. The second kappa shape index (κ2) is 6.95. The van der Waals surface area contributed by atoms with Crippen LogP contribution in [0.15, 0.2) is 58.7 Å². The molecular formula is C15H17N3S.